The third kappa shape index (κ3) is 3.56. The van der Waals surface area contributed by atoms with Crippen molar-refractivity contribution in [3.8, 4) is 0 Å². The van der Waals surface area contributed by atoms with Crippen LogP contribution in [0.3, 0.4) is 0 Å². The van der Waals surface area contributed by atoms with Crippen molar-refractivity contribution < 1.29 is 4.74 Å². The highest BCUT2D eigenvalue weighted by atomic mass is 16.5. The van der Waals surface area contributed by atoms with E-state index in [1.807, 2.05) is 0 Å². The summed E-state index contributed by atoms with van der Waals surface area (Å²) in [6.45, 7) is 10.4. The van der Waals surface area contributed by atoms with E-state index in [9.17, 15) is 0 Å². The lowest BCUT2D eigenvalue weighted by molar-refractivity contribution is -0.0960. The van der Waals surface area contributed by atoms with Crippen LogP contribution in [-0.2, 0) is 4.74 Å². The first-order valence-corrected chi connectivity index (χ1v) is 5.63. The Bertz CT molecular complexity index is 171. The molecular weight excluding hydrogens is 176 g/mol. The van der Waals surface area contributed by atoms with Crippen LogP contribution in [0.4, 0.5) is 0 Å². The Morgan fingerprint density at radius 1 is 1.50 bits per heavy atom. The molecule has 1 rings (SSSR count). The molecule has 2 N–H and O–H groups in total. The SMILES string of the molecule is CC(CCCN)N1CCOC(C)(C)C1. The lowest BCUT2D eigenvalue weighted by atomic mass is 10.0. The molecular formula is C11H24N2O. The van der Waals surface area contributed by atoms with Crippen LogP contribution in [-0.4, -0.2) is 42.8 Å². The summed E-state index contributed by atoms with van der Waals surface area (Å²) < 4.78 is 5.68. The van der Waals surface area contributed by atoms with Crippen molar-refractivity contribution in [3.63, 3.8) is 0 Å². The smallest absolute Gasteiger partial charge is 0.0753 e. The Labute approximate surface area is 87.6 Å². The number of morpholine rings is 1. The van der Waals surface area contributed by atoms with Crippen LogP contribution in [0.25, 0.3) is 0 Å². The molecule has 84 valence electrons. The lowest BCUT2D eigenvalue weighted by Gasteiger charge is -2.41. The Balaban J connectivity index is 2.35. The van der Waals surface area contributed by atoms with Crippen LogP contribution in [0.2, 0.25) is 0 Å². The minimum absolute atomic E-state index is 0.0230. The highest BCUT2D eigenvalue weighted by Crippen LogP contribution is 2.19. The first-order chi connectivity index (χ1) is 6.55. The van der Waals surface area contributed by atoms with Crippen molar-refractivity contribution in [2.45, 2.75) is 45.3 Å². The number of hydrogen-bond donors (Lipinski definition) is 1. The van der Waals surface area contributed by atoms with Crippen LogP contribution < -0.4 is 5.73 Å². The zero-order chi connectivity index (χ0) is 10.6. The van der Waals surface area contributed by atoms with Gasteiger partial charge in [-0.3, -0.25) is 4.90 Å². The minimum atomic E-state index is 0.0230. The average molecular weight is 200 g/mol. The molecule has 0 radical (unpaired) electrons. The second-order valence-corrected chi connectivity index (χ2v) is 4.86. The van der Waals surface area contributed by atoms with Gasteiger partial charge in [0.25, 0.3) is 0 Å². The van der Waals surface area contributed by atoms with E-state index in [0.717, 1.165) is 32.7 Å². The van der Waals surface area contributed by atoms with Crippen molar-refractivity contribution in [2.75, 3.05) is 26.2 Å². The van der Waals surface area contributed by atoms with E-state index in [4.69, 9.17) is 10.5 Å². The fraction of sp³-hybridized carbons (Fsp3) is 1.00. The molecule has 0 aromatic rings. The highest BCUT2D eigenvalue weighted by Gasteiger charge is 2.29. The van der Waals surface area contributed by atoms with Gasteiger partial charge in [0.2, 0.25) is 0 Å². The maximum absolute atomic E-state index is 5.68. The Kier molecular flexibility index (Phi) is 4.35. The summed E-state index contributed by atoms with van der Waals surface area (Å²) in [7, 11) is 0. The van der Waals surface area contributed by atoms with Gasteiger partial charge in [-0.05, 0) is 40.2 Å². The summed E-state index contributed by atoms with van der Waals surface area (Å²) in [6.07, 6.45) is 2.32. The van der Waals surface area contributed by atoms with E-state index in [-0.39, 0.29) is 5.60 Å². The quantitative estimate of drug-likeness (QED) is 0.741. The molecule has 0 bridgehead atoms. The third-order valence-corrected chi connectivity index (χ3v) is 2.90. The molecule has 1 atom stereocenters. The normalized spacial score (nSPS) is 24.9. The highest BCUT2D eigenvalue weighted by molar-refractivity contribution is 4.81. The molecule has 0 saturated carbocycles. The Hall–Kier alpha value is -0.120. The minimum Gasteiger partial charge on any atom is -0.373 e. The predicted octanol–water partition coefficient (Wildman–Crippen LogP) is 1.22. The topological polar surface area (TPSA) is 38.5 Å². The van der Waals surface area contributed by atoms with Crippen molar-refractivity contribution in [1.29, 1.82) is 0 Å². The molecule has 1 fully saturated rings. The molecule has 0 aromatic carbocycles. The van der Waals surface area contributed by atoms with Gasteiger partial charge in [-0.1, -0.05) is 0 Å². The molecule has 1 aliphatic rings. The van der Waals surface area contributed by atoms with Crippen LogP contribution in [0.5, 0.6) is 0 Å². The van der Waals surface area contributed by atoms with Crippen molar-refractivity contribution >= 4 is 0 Å². The molecule has 0 spiro atoms. The van der Waals surface area contributed by atoms with Crippen LogP contribution >= 0.6 is 0 Å². The van der Waals surface area contributed by atoms with Gasteiger partial charge in [0.05, 0.1) is 12.2 Å². The van der Waals surface area contributed by atoms with Gasteiger partial charge >= 0.3 is 0 Å². The number of rotatable bonds is 4. The van der Waals surface area contributed by atoms with Gasteiger partial charge in [0.15, 0.2) is 0 Å². The van der Waals surface area contributed by atoms with Crippen LogP contribution in [0.1, 0.15) is 33.6 Å². The van der Waals surface area contributed by atoms with Crippen molar-refractivity contribution in [1.82, 2.24) is 4.90 Å². The number of hydrogen-bond acceptors (Lipinski definition) is 3. The number of ether oxygens (including phenoxy) is 1. The van der Waals surface area contributed by atoms with Gasteiger partial charge in [0, 0.05) is 19.1 Å². The van der Waals surface area contributed by atoms with E-state index >= 15 is 0 Å². The molecule has 1 saturated heterocycles. The maximum atomic E-state index is 5.68. The van der Waals surface area contributed by atoms with Gasteiger partial charge in [-0.2, -0.15) is 0 Å². The van der Waals surface area contributed by atoms with Gasteiger partial charge < -0.3 is 10.5 Å². The summed E-state index contributed by atoms with van der Waals surface area (Å²) >= 11 is 0. The van der Waals surface area contributed by atoms with E-state index in [1.54, 1.807) is 0 Å². The van der Waals surface area contributed by atoms with Crippen molar-refractivity contribution in [2.24, 2.45) is 5.73 Å². The first kappa shape index (κ1) is 12.0. The Morgan fingerprint density at radius 2 is 2.21 bits per heavy atom. The second-order valence-electron chi connectivity index (χ2n) is 4.86. The fourth-order valence-corrected chi connectivity index (χ4v) is 2.03. The van der Waals surface area contributed by atoms with Crippen molar-refractivity contribution in [3.05, 3.63) is 0 Å². The second kappa shape index (κ2) is 5.10. The summed E-state index contributed by atoms with van der Waals surface area (Å²) in [6, 6.07) is 0.640. The van der Waals surface area contributed by atoms with Gasteiger partial charge in [0.1, 0.15) is 0 Å². The zero-order valence-corrected chi connectivity index (χ0v) is 9.75. The molecule has 1 aliphatic heterocycles. The van der Waals surface area contributed by atoms with E-state index in [1.165, 1.54) is 6.42 Å². The molecule has 0 aliphatic carbocycles. The summed E-state index contributed by atoms with van der Waals surface area (Å²) in [4.78, 5) is 2.51. The monoisotopic (exact) mass is 200 g/mol. The lowest BCUT2D eigenvalue weighted by Crippen LogP contribution is -2.51. The van der Waals surface area contributed by atoms with Crippen LogP contribution in [0, 0.1) is 0 Å². The summed E-state index contributed by atoms with van der Waals surface area (Å²) in [5.41, 5.74) is 5.54. The largest absolute Gasteiger partial charge is 0.373 e. The van der Waals surface area contributed by atoms with Gasteiger partial charge in [-0.25, -0.2) is 0 Å². The fourth-order valence-electron chi connectivity index (χ4n) is 2.03. The van der Waals surface area contributed by atoms with Crippen LogP contribution in [0.15, 0.2) is 0 Å². The maximum Gasteiger partial charge on any atom is 0.0753 e. The Morgan fingerprint density at radius 3 is 2.79 bits per heavy atom. The molecule has 3 heteroatoms. The van der Waals surface area contributed by atoms with E-state index in [0.29, 0.717) is 6.04 Å². The molecule has 0 aromatic heterocycles. The predicted molar refractivity (Wildman–Crippen MR) is 59.4 cm³/mol. The summed E-state index contributed by atoms with van der Waals surface area (Å²) in [5, 5.41) is 0. The van der Waals surface area contributed by atoms with Gasteiger partial charge in [-0.15, -0.1) is 0 Å². The molecule has 1 unspecified atom stereocenters. The van der Waals surface area contributed by atoms with E-state index in [2.05, 4.69) is 25.7 Å². The number of nitrogens with two attached hydrogens (primary N) is 1. The molecule has 0 amide bonds. The number of nitrogens with zero attached hydrogens (tertiary/aromatic N) is 1. The van der Waals surface area contributed by atoms with E-state index < -0.39 is 0 Å². The molecule has 1 heterocycles. The third-order valence-electron chi connectivity index (χ3n) is 2.90. The zero-order valence-electron chi connectivity index (χ0n) is 9.75. The standard InChI is InChI=1S/C11H24N2O/c1-10(5-4-6-12)13-7-8-14-11(2,3)9-13/h10H,4-9,12H2,1-3H3. The molecule has 3 nitrogen and oxygen atoms in total. The summed E-state index contributed by atoms with van der Waals surface area (Å²) in [5.74, 6) is 0. The molecule has 14 heavy (non-hydrogen) atoms. The average Bonchev–Trinajstić information content (AvgIpc) is 2.12. The first-order valence-electron chi connectivity index (χ1n) is 5.63.